The Hall–Kier alpha value is -3.55. The van der Waals surface area contributed by atoms with Crippen molar-refractivity contribution in [2.24, 2.45) is 5.10 Å². The Morgan fingerprint density at radius 1 is 1.20 bits per heavy atom. The maximum Gasteiger partial charge on any atom is 0.282 e. The summed E-state index contributed by atoms with van der Waals surface area (Å²) in [6.45, 7) is 0. The zero-order valence-electron chi connectivity index (χ0n) is 16.7. The van der Waals surface area contributed by atoms with E-state index in [1.165, 1.54) is 42.6 Å². The van der Waals surface area contributed by atoms with Gasteiger partial charge in [0, 0.05) is 23.6 Å². The van der Waals surface area contributed by atoms with E-state index >= 15 is 0 Å². The Morgan fingerprint density at radius 3 is 2.70 bits per heavy atom. The fourth-order valence-corrected chi connectivity index (χ4v) is 3.93. The van der Waals surface area contributed by atoms with Crippen molar-refractivity contribution in [1.82, 2.24) is 9.66 Å². The first-order chi connectivity index (χ1) is 14.6. The molecule has 30 heavy (non-hydrogen) atoms. The Balaban J connectivity index is 1.85. The predicted molar refractivity (Wildman–Crippen MR) is 114 cm³/mol. The van der Waals surface area contributed by atoms with Gasteiger partial charge in [0.2, 0.25) is 0 Å². The van der Waals surface area contributed by atoms with E-state index in [-0.39, 0.29) is 17.2 Å². The number of non-ortho nitro benzene ring substituents is 1. The van der Waals surface area contributed by atoms with Crippen LogP contribution in [0.25, 0.3) is 10.9 Å². The number of rotatable bonds is 5. The number of nitro groups is 1. The minimum atomic E-state index is -0.478. The SMILES string of the molecule is COc1ccc([N+](=O)[O-])cc1C=Nn1c(C2CCCCC2)nc2ccccc2c1=O. The van der Waals surface area contributed by atoms with Gasteiger partial charge < -0.3 is 4.74 Å². The highest BCUT2D eigenvalue weighted by molar-refractivity contribution is 5.85. The van der Waals surface area contributed by atoms with Crippen molar-refractivity contribution in [2.75, 3.05) is 7.11 Å². The average Bonchev–Trinajstić information content (AvgIpc) is 2.78. The van der Waals surface area contributed by atoms with Crippen LogP contribution >= 0.6 is 0 Å². The molecule has 0 radical (unpaired) electrons. The number of nitro benzene ring substituents is 1. The Kier molecular flexibility index (Phi) is 5.56. The predicted octanol–water partition coefficient (Wildman–Crippen LogP) is 4.24. The molecule has 0 atom stereocenters. The molecule has 8 nitrogen and oxygen atoms in total. The topological polar surface area (TPSA) is 99.6 Å². The Bertz CT molecular complexity index is 1180. The van der Waals surface area contributed by atoms with Crippen molar-refractivity contribution >= 4 is 22.8 Å². The first-order valence-electron chi connectivity index (χ1n) is 9.97. The molecule has 1 fully saturated rings. The number of hydrogen-bond acceptors (Lipinski definition) is 6. The zero-order valence-corrected chi connectivity index (χ0v) is 16.7. The van der Waals surface area contributed by atoms with Crippen molar-refractivity contribution in [3.05, 3.63) is 74.3 Å². The number of nitrogens with zero attached hydrogens (tertiary/aromatic N) is 4. The second-order valence-electron chi connectivity index (χ2n) is 7.37. The van der Waals surface area contributed by atoms with Crippen molar-refractivity contribution in [1.29, 1.82) is 0 Å². The average molecular weight is 406 g/mol. The number of aromatic nitrogens is 2. The monoisotopic (exact) mass is 406 g/mol. The van der Waals surface area contributed by atoms with Gasteiger partial charge >= 0.3 is 0 Å². The molecule has 4 rings (SSSR count). The molecule has 8 heteroatoms. The second kappa shape index (κ2) is 8.44. The quantitative estimate of drug-likeness (QED) is 0.358. The van der Waals surface area contributed by atoms with E-state index in [0.29, 0.717) is 28.0 Å². The summed E-state index contributed by atoms with van der Waals surface area (Å²) >= 11 is 0. The Morgan fingerprint density at radius 2 is 1.97 bits per heavy atom. The van der Waals surface area contributed by atoms with Crippen LogP contribution in [-0.4, -0.2) is 27.9 Å². The molecule has 2 aromatic carbocycles. The molecule has 0 aliphatic heterocycles. The molecule has 1 aliphatic rings. The van der Waals surface area contributed by atoms with E-state index in [4.69, 9.17) is 9.72 Å². The molecule has 1 heterocycles. The maximum atomic E-state index is 13.2. The Labute approximate surface area is 173 Å². The molecule has 0 unspecified atom stereocenters. The lowest BCUT2D eigenvalue weighted by Crippen LogP contribution is -2.25. The summed E-state index contributed by atoms with van der Waals surface area (Å²) in [4.78, 5) is 28.6. The third-order valence-corrected chi connectivity index (χ3v) is 5.49. The van der Waals surface area contributed by atoms with Gasteiger partial charge in [-0.05, 0) is 31.0 Å². The number of para-hydroxylation sites is 1. The summed E-state index contributed by atoms with van der Waals surface area (Å²) in [5, 5.41) is 16.1. The zero-order chi connectivity index (χ0) is 21.1. The van der Waals surface area contributed by atoms with Gasteiger partial charge in [0.05, 0.1) is 29.2 Å². The van der Waals surface area contributed by atoms with E-state index < -0.39 is 4.92 Å². The lowest BCUT2D eigenvalue weighted by molar-refractivity contribution is -0.384. The van der Waals surface area contributed by atoms with Crippen LogP contribution in [0.1, 0.15) is 49.4 Å². The molecule has 0 spiro atoms. The molecule has 0 saturated heterocycles. The van der Waals surface area contributed by atoms with Gasteiger partial charge in [0.1, 0.15) is 11.6 Å². The lowest BCUT2D eigenvalue weighted by Gasteiger charge is -2.22. The highest BCUT2D eigenvalue weighted by Crippen LogP contribution is 2.32. The number of methoxy groups -OCH3 is 1. The molecule has 1 saturated carbocycles. The van der Waals surface area contributed by atoms with Gasteiger partial charge in [0.15, 0.2) is 0 Å². The van der Waals surface area contributed by atoms with Gasteiger partial charge in [0.25, 0.3) is 11.2 Å². The van der Waals surface area contributed by atoms with Crippen molar-refractivity contribution in [2.45, 2.75) is 38.0 Å². The van der Waals surface area contributed by atoms with Crippen LogP contribution < -0.4 is 10.3 Å². The van der Waals surface area contributed by atoms with Crippen LogP contribution in [-0.2, 0) is 0 Å². The molecule has 0 amide bonds. The van der Waals surface area contributed by atoms with Gasteiger partial charge in [-0.25, -0.2) is 4.98 Å². The van der Waals surface area contributed by atoms with Crippen LogP contribution in [0.4, 0.5) is 5.69 Å². The van der Waals surface area contributed by atoms with E-state index in [9.17, 15) is 14.9 Å². The van der Waals surface area contributed by atoms with Gasteiger partial charge in [-0.3, -0.25) is 14.9 Å². The molecule has 3 aromatic rings. The summed E-state index contributed by atoms with van der Waals surface area (Å²) in [6, 6.07) is 11.5. The summed E-state index contributed by atoms with van der Waals surface area (Å²) in [5.41, 5.74) is 0.749. The summed E-state index contributed by atoms with van der Waals surface area (Å²) in [5.74, 6) is 1.23. The van der Waals surface area contributed by atoms with Crippen LogP contribution in [0, 0.1) is 10.1 Å². The number of ether oxygens (including phenoxy) is 1. The highest BCUT2D eigenvalue weighted by Gasteiger charge is 2.22. The van der Waals surface area contributed by atoms with Gasteiger partial charge in [-0.1, -0.05) is 31.4 Å². The minimum Gasteiger partial charge on any atom is -0.496 e. The van der Waals surface area contributed by atoms with E-state index in [1.54, 1.807) is 12.1 Å². The van der Waals surface area contributed by atoms with Crippen molar-refractivity contribution in [3.8, 4) is 5.75 Å². The molecule has 1 aliphatic carbocycles. The second-order valence-corrected chi connectivity index (χ2v) is 7.37. The molecular weight excluding hydrogens is 384 g/mol. The third kappa shape index (κ3) is 3.80. The van der Waals surface area contributed by atoms with Gasteiger partial charge in [-0.2, -0.15) is 9.78 Å². The standard InChI is InChI=1S/C22H22N4O4/c1-30-20-12-11-17(26(28)29)13-16(20)14-23-25-21(15-7-3-2-4-8-15)24-19-10-6-5-9-18(19)22(25)27/h5-6,9-15H,2-4,7-8H2,1H3. The molecule has 0 N–H and O–H groups in total. The summed E-state index contributed by atoms with van der Waals surface area (Å²) in [6.07, 6.45) is 6.71. The number of benzene rings is 2. The van der Waals surface area contributed by atoms with Crippen LogP contribution in [0.5, 0.6) is 5.75 Å². The number of fused-ring (bicyclic) bond motifs is 1. The first-order valence-corrected chi connectivity index (χ1v) is 9.97. The van der Waals surface area contributed by atoms with Gasteiger partial charge in [-0.15, -0.1) is 0 Å². The largest absolute Gasteiger partial charge is 0.496 e. The first kappa shape index (κ1) is 19.8. The molecule has 1 aromatic heterocycles. The van der Waals surface area contributed by atoms with Crippen molar-refractivity contribution < 1.29 is 9.66 Å². The normalized spacial score (nSPS) is 15.0. The van der Waals surface area contributed by atoms with Crippen molar-refractivity contribution in [3.63, 3.8) is 0 Å². The van der Waals surface area contributed by atoms with Crippen LogP contribution in [0.3, 0.4) is 0 Å². The summed E-state index contributed by atoms with van der Waals surface area (Å²) in [7, 11) is 1.48. The van der Waals surface area contributed by atoms with Crippen LogP contribution in [0.15, 0.2) is 52.4 Å². The summed E-state index contributed by atoms with van der Waals surface area (Å²) < 4.78 is 6.64. The molecular formula is C22H22N4O4. The molecule has 0 bridgehead atoms. The lowest BCUT2D eigenvalue weighted by atomic mass is 9.88. The fraction of sp³-hybridized carbons (Fsp3) is 0.318. The van der Waals surface area contributed by atoms with E-state index in [1.807, 2.05) is 12.1 Å². The number of hydrogen-bond donors (Lipinski definition) is 0. The van der Waals surface area contributed by atoms with Crippen LogP contribution in [0.2, 0.25) is 0 Å². The smallest absolute Gasteiger partial charge is 0.282 e. The maximum absolute atomic E-state index is 13.2. The third-order valence-electron chi connectivity index (χ3n) is 5.49. The fourth-order valence-electron chi connectivity index (χ4n) is 3.93. The molecule has 154 valence electrons. The minimum absolute atomic E-state index is 0.0752. The van der Waals surface area contributed by atoms with E-state index in [0.717, 1.165) is 25.7 Å². The van der Waals surface area contributed by atoms with E-state index in [2.05, 4.69) is 5.10 Å². The highest BCUT2D eigenvalue weighted by atomic mass is 16.6.